The normalized spacial score (nSPS) is 15.5. The maximum atomic E-state index is 13.5. The fraction of sp³-hybridized carbons (Fsp3) is 0.500. The summed E-state index contributed by atoms with van der Waals surface area (Å²) in [6.07, 6.45) is 4.36. The molecule has 1 aliphatic rings. The molecule has 9 nitrogen and oxygen atoms in total. The van der Waals surface area contributed by atoms with Crippen LogP contribution in [-0.4, -0.2) is 67.0 Å². The van der Waals surface area contributed by atoms with E-state index in [-0.39, 0.29) is 11.2 Å². The molecule has 0 aliphatic carbocycles. The fourth-order valence-corrected chi connectivity index (χ4v) is 5.33. The molecule has 44 heavy (non-hydrogen) atoms. The first-order valence-electron chi connectivity index (χ1n) is 15.0. The first-order valence-corrected chi connectivity index (χ1v) is 15.0. The zero-order valence-corrected chi connectivity index (χ0v) is 27.1. The number of aliphatic carboxylic acids is 1. The van der Waals surface area contributed by atoms with Gasteiger partial charge in [-0.25, -0.2) is 9.18 Å². The van der Waals surface area contributed by atoms with Crippen LogP contribution in [-0.2, 0) is 9.53 Å². The van der Waals surface area contributed by atoms with Crippen LogP contribution in [0.25, 0.3) is 11.3 Å². The van der Waals surface area contributed by atoms with E-state index in [0.29, 0.717) is 41.6 Å². The van der Waals surface area contributed by atoms with Crippen molar-refractivity contribution in [3.8, 4) is 22.8 Å². The molecule has 1 atom stereocenters. The van der Waals surface area contributed by atoms with Crippen LogP contribution in [0, 0.1) is 18.2 Å². The first-order chi connectivity index (χ1) is 20.7. The van der Waals surface area contributed by atoms with E-state index in [0.717, 1.165) is 42.9 Å². The lowest BCUT2D eigenvalue weighted by Crippen LogP contribution is -2.39. The molecule has 1 fully saturated rings. The number of likely N-dealkylation sites (N-methyl/N-ethyl adjacent to an activating group) is 1. The third-order valence-electron chi connectivity index (χ3n) is 7.95. The number of hydrogen-bond acceptors (Lipinski definition) is 8. The number of nitrogens with zero attached hydrogens (tertiary/aromatic N) is 4. The van der Waals surface area contributed by atoms with Crippen LogP contribution in [0.5, 0.6) is 11.5 Å². The number of carboxylic acids is 1. The smallest absolute Gasteiger partial charge is 0.337 e. The van der Waals surface area contributed by atoms with Crippen molar-refractivity contribution >= 4 is 17.3 Å². The Hall–Kier alpha value is -3.92. The van der Waals surface area contributed by atoms with Gasteiger partial charge in [-0.05, 0) is 70.2 Å². The maximum absolute atomic E-state index is 13.5. The molecule has 0 radical (unpaired) electrons. The molecule has 1 aromatic carbocycles. The van der Waals surface area contributed by atoms with Crippen molar-refractivity contribution in [1.82, 2.24) is 9.97 Å². The average molecular weight is 609 g/mol. The number of benzene rings is 1. The van der Waals surface area contributed by atoms with E-state index in [9.17, 15) is 14.3 Å². The minimum Gasteiger partial charge on any atom is -0.493 e. The van der Waals surface area contributed by atoms with E-state index in [2.05, 4.69) is 23.7 Å². The summed E-state index contributed by atoms with van der Waals surface area (Å²) in [7, 11) is 3.42. The van der Waals surface area contributed by atoms with Crippen LogP contribution in [0.4, 0.5) is 15.8 Å². The van der Waals surface area contributed by atoms with Gasteiger partial charge in [0.25, 0.3) is 0 Å². The second-order valence-corrected chi connectivity index (χ2v) is 13.1. The zero-order valence-electron chi connectivity index (χ0n) is 27.1. The lowest BCUT2D eigenvalue weighted by atomic mass is 9.82. The van der Waals surface area contributed by atoms with Crippen molar-refractivity contribution in [1.29, 1.82) is 0 Å². The topological polar surface area (TPSA) is 97.2 Å². The molecule has 10 heteroatoms. The minimum atomic E-state index is -1.18. The van der Waals surface area contributed by atoms with Crippen molar-refractivity contribution in [2.24, 2.45) is 5.41 Å². The van der Waals surface area contributed by atoms with Gasteiger partial charge in [0.05, 0.1) is 42.5 Å². The van der Waals surface area contributed by atoms with Crippen LogP contribution >= 0.6 is 0 Å². The van der Waals surface area contributed by atoms with Crippen molar-refractivity contribution in [2.75, 3.05) is 50.2 Å². The molecule has 238 valence electrons. The molecule has 0 saturated carbocycles. The van der Waals surface area contributed by atoms with Gasteiger partial charge in [-0.2, -0.15) is 0 Å². The van der Waals surface area contributed by atoms with Gasteiger partial charge in [-0.15, -0.1) is 0 Å². The van der Waals surface area contributed by atoms with Crippen LogP contribution in [0.15, 0.2) is 42.7 Å². The molecule has 1 N–H and O–H groups in total. The summed E-state index contributed by atoms with van der Waals surface area (Å²) < 4.78 is 30.7. The third kappa shape index (κ3) is 7.96. The van der Waals surface area contributed by atoms with Crippen LogP contribution in [0.3, 0.4) is 0 Å². The number of methoxy groups -OCH3 is 1. The highest BCUT2D eigenvalue weighted by molar-refractivity contribution is 5.85. The Labute approximate surface area is 260 Å². The number of carbonyl (C=O) groups is 1. The monoisotopic (exact) mass is 608 g/mol. The molecule has 3 aromatic rings. The van der Waals surface area contributed by atoms with Crippen LogP contribution < -0.4 is 19.3 Å². The van der Waals surface area contributed by atoms with Crippen molar-refractivity contribution in [3.63, 3.8) is 0 Å². The van der Waals surface area contributed by atoms with Crippen LogP contribution in [0.2, 0.25) is 0 Å². The SMILES string of the molecule is COc1cc(F)ccc1OCCN(C)c1ccc(-c2cnc(C)c([C@H](OC(C)(C)C)C(=O)O)c2N2CCC(C)(C)CC2)nc1. The Kier molecular flexibility index (Phi) is 10.0. The molecular formula is C34H45FN4O5. The number of rotatable bonds is 11. The predicted molar refractivity (Wildman–Crippen MR) is 170 cm³/mol. The zero-order chi connectivity index (χ0) is 32.2. The van der Waals surface area contributed by atoms with E-state index in [4.69, 9.17) is 19.2 Å². The van der Waals surface area contributed by atoms with Gasteiger partial charge in [-0.3, -0.25) is 9.97 Å². The predicted octanol–water partition coefficient (Wildman–Crippen LogP) is 6.68. The van der Waals surface area contributed by atoms with Gasteiger partial charge in [-0.1, -0.05) is 13.8 Å². The summed E-state index contributed by atoms with van der Waals surface area (Å²) >= 11 is 0. The maximum Gasteiger partial charge on any atom is 0.337 e. The van der Waals surface area contributed by atoms with Gasteiger partial charge in [0, 0.05) is 49.2 Å². The van der Waals surface area contributed by atoms with E-state index >= 15 is 0 Å². The van der Waals surface area contributed by atoms with Gasteiger partial charge >= 0.3 is 5.97 Å². The Morgan fingerprint density at radius 1 is 1.11 bits per heavy atom. The molecule has 0 unspecified atom stereocenters. The second kappa shape index (κ2) is 13.4. The van der Waals surface area contributed by atoms with Crippen LogP contribution in [0.1, 0.15) is 64.8 Å². The first kappa shape index (κ1) is 33.0. The Morgan fingerprint density at radius 3 is 2.41 bits per heavy atom. The summed E-state index contributed by atoms with van der Waals surface area (Å²) in [5, 5.41) is 10.3. The number of anilines is 2. The van der Waals surface area contributed by atoms with E-state index in [1.165, 1.54) is 19.2 Å². The summed E-state index contributed by atoms with van der Waals surface area (Å²) in [6.45, 7) is 14.4. The van der Waals surface area contributed by atoms with E-state index in [1.807, 2.05) is 51.8 Å². The number of ether oxygens (including phenoxy) is 3. The summed E-state index contributed by atoms with van der Waals surface area (Å²) in [6, 6.07) is 8.09. The average Bonchev–Trinajstić information content (AvgIpc) is 2.96. The number of hydrogen-bond donors (Lipinski definition) is 1. The van der Waals surface area contributed by atoms with Gasteiger partial charge in [0.15, 0.2) is 17.6 Å². The Balaban J connectivity index is 1.63. The molecule has 2 aromatic heterocycles. The second-order valence-electron chi connectivity index (χ2n) is 13.1. The van der Waals surface area contributed by atoms with Gasteiger partial charge in [0.2, 0.25) is 0 Å². The minimum absolute atomic E-state index is 0.211. The largest absolute Gasteiger partial charge is 0.493 e. The van der Waals surface area contributed by atoms with Crippen molar-refractivity contribution < 1.29 is 28.5 Å². The number of carboxylic acid groups (broad SMARTS) is 1. The number of aryl methyl sites for hydroxylation is 1. The Morgan fingerprint density at radius 2 is 1.82 bits per heavy atom. The highest BCUT2D eigenvalue weighted by Crippen LogP contribution is 2.43. The molecule has 0 bridgehead atoms. The lowest BCUT2D eigenvalue weighted by Gasteiger charge is -2.40. The molecule has 0 spiro atoms. The Bertz CT molecular complexity index is 1450. The molecule has 1 aliphatic heterocycles. The summed E-state index contributed by atoms with van der Waals surface area (Å²) in [4.78, 5) is 26.4. The number of pyridine rings is 2. The molecule has 1 saturated heterocycles. The van der Waals surface area contributed by atoms with E-state index in [1.54, 1.807) is 18.5 Å². The summed E-state index contributed by atoms with van der Waals surface area (Å²) in [5.74, 6) is -0.620. The quantitative estimate of drug-likeness (QED) is 0.256. The molecular weight excluding hydrogens is 563 g/mol. The van der Waals surface area contributed by atoms with Gasteiger partial charge in [0.1, 0.15) is 12.4 Å². The van der Waals surface area contributed by atoms with Crippen molar-refractivity contribution in [2.45, 2.75) is 66.1 Å². The number of aromatic nitrogens is 2. The lowest BCUT2D eigenvalue weighted by molar-refractivity contribution is -0.160. The molecule has 4 rings (SSSR count). The standard InChI is InChI=1S/C34H45FN4O5/c1-22-29(31(32(40)41)44-33(2,3)4)30(39-15-13-34(5,6)14-16-39)25(21-36-22)26-11-10-24(20-37-26)38(7)17-18-43-27-12-9-23(35)19-28(27)42-8/h9-12,19-21,31H,13-18H2,1-8H3,(H,40,41)/t31-/m0/s1. The highest BCUT2D eigenvalue weighted by Gasteiger charge is 2.36. The highest BCUT2D eigenvalue weighted by atomic mass is 19.1. The number of piperidine rings is 1. The fourth-order valence-electron chi connectivity index (χ4n) is 5.33. The number of halogens is 1. The van der Waals surface area contributed by atoms with Gasteiger partial charge < -0.3 is 29.1 Å². The third-order valence-corrected chi connectivity index (χ3v) is 7.95. The molecule has 3 heterocycles. The van der Waals surface area contributed by atoms with Crippen molar-refractivity contribution in [3.05, 3.63) is 59.8 Å². The van der Waals surface area contributed by atoms with E-state index < -0.39 is 17.7 Å². The molecule has 0 amide bonds. The summed E-state index contributed by atoms with van der Waals surface area (Å²) in [5.41, 5.74) is 3.90.